The van der Waals surface area contributed by atoms with Crippen LogP contribution in [0.3, 0.4) is 0 Å². The molecule has 0 heterocycles. The maximum absolute atomic E-state index is 13.3. The van der Waals surface area contributed by atoms with Crippen LogP contribution in [0, 0.1) is 17.6 Å². The van der Waals surface area contributed by atoms with Gasteiger partial charge in [0.25, 0.3) is 0 Å². The highest BCUT2D eigenvalue weighted by atomic mass is 35.5. The SMILES string of the molecule is Cl.NC(CNC(=O)Cc1ccc(F)cc1F)C1CC1. The second kappa shape index (κ2) is 6.82. The molecule has 0 radical (unpaired) electrons. The lowest BCUT2D eigenvalue weighted by molar-refractivity contribution is -0.120. The minimum atomic E-state index is -0.698. The van der Waals surface area contributed by atoms with Crippen LogP contribution in [0.4, 0.5) is 8.78 Å². The standard InChI is InChI=1S/C13H16F2N2O.ClH/c14-10-4-3-9(11(15)6-10)5-13(18)17-7-12(16)8-1-2-8;/h3-4,6,8,12H,1-2,5,7,16H2,(H,17,18);1H. The van der Waals surface area contributed by atoms with Crippen LogP contribution in [0.5, 0.6) is 0 Å². The molecule has 0 saturated heterocycles. The second-order valence-corrected chi connectivity index (χ2v) is 4.72. The number of nitrogens with two attached hydrogens (primary N) is 1. The number of nitrogens with one attached hydrogen (secondary N) is 1. The van der Waals surface area contributed by atoms with Crippen molar-refractivity contribution in [3.05, 3.63) is 35.4 Å². The smallest absolute Gasteiger partial charge is 0.224 e. The highest BCUT2D eigenvalue weighted by molar-refractivity contribution is 5.85. The van der Waals surface area contributed by atoms with Crippen LogP contribution in [0.25, 0.3) is 0 Å². The van der Waals surface area contributed by atoms with E-state index in [1.54, 1.807) is 0 Å². The van der Waals surface area contributed by atoms with E-state index in [-0.39, 0.29) is 36.3 Å². The van der Waals surface area contributed by atoms with E-state index in [0.29, 0.717) is 12.5 Å². The summed E-state index contributed by atoms with van der Waals surface area (Å²) in [6, 6.07) is 3.18. The first kappa shape index (κ1) is 15.9. The van der Waals surface area contributed by atoms with Crippen LogP contribution in [-0.2, 0) is 11.2 Å². The van der Waals surface area contributed by atoms with E-state index in [2.05, 4.69) is 5.32 Å². The minimum Gasteiger partial charge on any atom is -0.354 e. The van der Waals surface area contributed by atoms with Crippen LogP contribution in [0.1, 0.15) is 18.4 Å². The maximum Gasteiger partial charge on any atom is 0.224 e. The van der Waals surface area contributed by atoms with Gasteiger partial charge in [0, 0.05) is 18.7 Å². The van der Waals surface area contributed by atoms with E-state index in [9.17, 15) is 13.6 Å². The monoisotopic (exact) mass is 290 g/mol. The summed E-state index contributed by atoms with van der Waals surface area (Å²) in [5.74, 6) is -1.13. The molecule has 0 bridgehead atoms. The summed E-state index contributed by atoms with van der Waals surface area (Å²) in [6.45, 7) is 0.409. The van der Waals surface area contributed by atoms with E-state index < -0.39 is 11.6 Å². The summed E-state index contributed by atoms with van der Waals surface area (Å²) >= 11 is 0. The Balaban J connectivity index is 0.00000180. The molecule has 1 fully saturated rings. The van der Waals surface area contributed by atoms with Crippen molar-refractivity contribution < 1.29 is 13.6 Å². The van der Waals surface area contributed by atoms with Crippen molar-refractivity contribution >= 4 is 18.3 Å². The summed E-state index contributed by atoms with van der Waals surface area (Å²) in [6.07, 6.45) is 2.14. The number of carbonyl (C=O) groups excluding carboxylic acids is 1. The highest BCUT2D eigenvalue weighted by Gasteiger charge is 2.28. The molecule has 3 N–H and O–H groups in total. The molecule has 1 amide bonds. The normalized spacial score (nSPS) is 15.5. The molecular weight excluding hydrogens is 274 g/mol. The molecule has 0 aliphatic heterocycles. The summed E-state index contributed by atoms with van der Waals surface area (Å²) in [7, 11) is 0. The number of rotatable bonds is 5. The Kier molecular flexibility index (Phi) is 5.69. The number of halogens is 3. The number of amides is 1. The topological polar surface area (TPSA) is 55.1 Å². The third-order valence-electron chi connectivity index (χ3n) is 3.13. The van der Waals surface area contributed by atoms with Crippen LogP contribution in [0.15, 0.2) is 18.2 Å². The average molecular weight is 291 g/mol. The summed E-state index contributed by atoms with van der Waals surface area (Å²) in [5, 5.41) is 2.67. The van der Waals surface area contributed by atoms with Crippen LogP contribution in [0.2, 0.25) is 0 Å². The van der Waals surface area contributed by atoms with Crippen molar-refractivity contribution in [3.8, 4) is 0 Å². The molecule has 19 heavy (non-hydrogen) atoms. The number of hydrogen-bond acceptors (Lipinski definition) is 2. The van der Waals surface area contributed by atoms with Crippen LogP contribution >= 0.6 is 12.4 Å². The third kappa shape index (κ3) is 4.76. The fourth-order valence-electron chi connectivity index (χ4n) is 1.82. The van der Waals surface area contributed by atoms with E-state index >= 15 is 0 Å². The van der Waals surface area contributed by atoms with E-state index in [4.69, 9.17) is 5.73 Å². The Hall–Kier alpha value is -1.20. The fourth-order valence-corrected chi connectivity index (χ4v) is 1.82. The molecule has 1 aromatic carbocycles. The molecule has 1 aliphatic carbocycles. The molecule has 6 heteroatoms. The number of hydrogen-bond donors (Lipinski definition) is 2. The van der Waals surface area contributed by atoms with Gasteiger partial charge in [0.05, 0.1) is 6.42 Å². The fraction of sp³-hybridized carbons (Fsp3) is 0.462. The van der Waals surface area contributed by atoms with Gasteiger partial charge in [0.1, 0.15) is 11.6 Å². The van der Waals surface area contributed by atoms with E-state index in [1.165, 1.54) is 6.07 Å². The van der Waals surface area contributed by atoms with Gasteiger partial charge in [-0.25, -0.2) is 8.78 Å². The highest BCUT2D eigenvalue weighted by Crippen LogP contribution is 2.31. The molecule has 1 unspecified atom stereocenters. The lowest BCUT2D eigenvalue weighted by atomic mass is 10.1. The van der Waals surface area contributed by atoms with Gasteiger partial charge in [-0.15, -0.1) is 12.4 Å². The molecule has 106 valence electrons. The molecular formula is C13H17ClF2N2O. The molecule has 3 nitrogen and oxygen atoms in total. The molecule has 0 aromatic heterocycles. The predicted molar refractivity (Wildman–Crippen MR) is 71.0 cm³/mol. The molecule has 0 spiro atoms. The van der Waals surface area contributed by atoms with Crippen molar-refractivity contribution in [2.75, 3.05) is 6.54 Å². The first-order valence-corrected chi connectivity index (χ1v) is 6.02. The summed E-state index contributed by atoms with van der Waals surface area (Å²) in [5.41, 5.74) is 6.02. The quantitative estimate of drug-likeness (QED) is 0.868. The number of benzene rings is 1. The lowest BCUT2D eigenvalue weighted by Gasteiger charge is -2.11. The Bertz CT molecular complexity index is 452. The Morgan fingerprint density at radius 1 is 1.42 bits per heavy atom. The maximum atomic E-state index is 13.3. The molecule has 1 aliphatic rings. The lowest BCUT2D eigenvalue weighted by Crippen LogP contribution is -2.39. The zero-order valence-electron chi connectivity index (χ0n) is 10.4. The molecule has 1 saturated carbocycles. The van der Waals surface area contributed by atoms with Crippen molar-refractivity contribution in [3.63, 3.8) is 0 Å². The van der Waals surface area contributed by atoms with Gasteiger partial charge in [0.15, 0.2) is 0 Å². The Labute approximate surface area is 117 Å². The van der Waals surface area contributed by atoms with Crippen molar-refractivity contribution in [2.45, 2.75) is 25.3 Å². The van der Waals surface area contributed by atoms with Crippen LogP contribution < -0.4 is 11.1 Å². The van der Waals surface area contributed by atoms with Crippen LogP contribution in [-0.4, -0.2) is 18.5 Å². The zero-order valence-corrected chi connectivity index (χ0v) is 11.2. The van der Waals surface area contributed by atoms with Gasteiger partial charge in [-0.3, -0.25) is 4.79 Å². The van der Waals surface area contributed by atoms with E-state index in [1.807, 2.05) is 0 Å². The second-order valence-electron chi connectivity index (χ2n) is 4.72. The zero-order chi connectivity index (χ0) is 13.1. The summed E-state index contributed by atoms with van der Waals surface area (Å²) in [4.78, 5) is 11.6. The van der Waals surface area contributed by atoms with Crippen molar-refractivity contribution in [1.29, 1.82) is 0 Å². The van der Waals surface area contributed by atoms with Crippen molar-refractivity contribution in [1.82, 2.24) is 5.32 Å². The Morgan fingerprint density at radius 3 is 2.68 bits per heavy atom. The summed E-state index contributed by atoms with van der Waals surface area (Å²) < 4.78 is 26.0. The first-order valence-electron chi connectivity index (χ1n) is 6.02. The van der Waals surface area contributed by atoms with Gasteiger partial charge in [-0.1, -0.05) is 6.07 Å². The Morgan fingerprint density at radius 2 is 2.11 bits per heavy atom. The third-order valence-corrected chi connectivity index (χ3v) is 3.13. The van der Waals surface area contributed by atoms with Gasteiger partial charge in [-0.05, 0) is 30.4 Å². The van der Waals surface area contributed by atoms with Crippen molar-refractivity contribution in [2.24, 2.45) is 11.7 Å². The minimum absolute atomic E-state index is 0. The van der Waals surface area contributed by atoms with Gasteiger partial charge in [0.2, 0.25) is 5.91 Å². The number of carbonyl (C=O) groups is 1. The van der Waals surface area contributed by atoms with Gasteiger partial charge >= 0.3 is 0 Å². The van der Waals surface area contributed by atoms with Gasteiger partial charge in [-0.2, -0.15) is 0 Å². The first-order chi connectivity index (χ1) is 8.56. The average Bonchev–Trinajstić information content (AvgIpc) is 3.14. The predicted octanol–water partition coefficient (Wildman–Crippen LogP) is 1.78. The molecule has 1 atom stereocenters. The molecule has 2 rings (SSSR count). The molecule has 1 aromatic rings. The van der Waals surface area contributed by atoms with E-state index in [0.717, 1.165) is 25.0 Å². The largest absolute Gasteiger partial charge is 0.354 e. The van der Waals surface area contributed by atoms with Gasteiger partial charge < -0.3 is 11.1 Å².